The molecule has 0 amide bonds. The molecule has 0 aliphatic heterocycles. The Hall–Kier alpha value is -1.61. The first kappa shape index (κ1) is 15.8. The van der Waals surface area contributed by atoms with E-state index >= 15 is 0 Å². The van der Waals surface area contributed by atoms with Crippen LogP contribution in [0.2, 0.25) is 0 Å². The fourth-order valence-electron chi connectivity index (χ4n) is 1.98. The first-order valence-electron chi connectivity index (χ1n) is 6.16. The van der Waals surface area contributed by atoms with E-state index in [-0.39, 0.29) is 17.1 Å². The molecule has 2 rings (SSSR count). The highest BCUT2D eigenvalue weighted by Gasteiger charge is 2.16. The molecule has 1 atom stereocenters. The summed E-state index contributed by atoms with van der Waals surface area (Å²) in [5.74, 6) is 0. The minimum atomic E-state index is -3.84. The monoisotopic (exact) mass is 327 g/mol. The van der Waals surface area contributed by atoms with E-state index in [1.54, 1.807) is 13.0 Å². The number of thiophene rings is 1. The topological polar surface area (TPSA) is 118 Å². The predicted octanol–water partition coefficient (Wildman–Crippen LogP) is 1.43. The standard InChI is InChI=1S/C13H17N3O3S2/c1-8-11(4-10(14)5-13(8)21(15,18)19)16-6-12(17)9-2-3-20-7-9/h2-5,7,12,16-17H,6,14H2,1H3,(H2,15,18,19). The van der Waals surface area contributed by atoms with Crippen LogP contribution in [0.25, 0.3) is 0 Å². The minimum Gasteiger partial charge on any atom is -0.399 e. The molecule has 0 aliphatic rings. The predicted molar refractivity (Wildman–Crippen MR) is 84.7 cm³/mol. The van der Waals surface area contributed by atoms with Gasteiger partial charge in [0, 0.05) is 17.9 Å². The van der Waals surface area contributed by atoms with Crippen LogP contribution in [-0.2, 0) is 10.0 Å². The summed E-state index contributed by atoms with van der Waals surface area (Å²) < 4.78 is 23.1. The molecule has 1 heterocycles. The van der Waals surface area contributed by atoms with Gasteiger partial charge >= 0.3 is 0 Å². The summed E-state index contributed by atoms with van der Waals surface area (Å²) in [5, 5.41) is 21.9. The molecule has 0 bridgehead atoms. The zero-order chi connectivity index (χ0) is 15.6. The summed E-state index contributed by atoms with van der Waals surface area (Å²) in [5.41, 5.74) is 7.81. The molecule has 1 aromatic carbocycles. The molecular weight excluding hydrogens is 310 g/mol. The lowest BCUT2D eigenvalue weighted by Crippen LogP contribution is -2.17. The van der Waals surface area contributed by atoms with Crippen LogP contribution in [0, 0.1) is 6.92 Å². The van der Waals surface area contributed by atoms with Crippen molar-refractivity contribution in [3.05, 3.63) is 40.1 Å². The molecule has 114 valence electrons. The van der Waals surface area contributed by atoms with Gasteiger partial charge in [-0.25, -0.2) is 13.6 Å². The number of benzene rings is 1. The summed E-state index contributed by atoms with van der Waals surface area (Å²) in [7, 11) is -3.84. The Morgan fingerprint density at radius 2 is 2.14 bits per heavy atom. The first-order chi connectivity index (χ1) is 9.79. The Labute approximate surface area is 127 Å². The van der Waals surface area contributed by atoms with Crippen LogP contribution in [0.15, 0.2) is 33.9 Å². The van der Waals surface area contributed by atoms with Gasteiger partial charge in [0.15, 0.2) is 0 Å². The zero-order valence-corrected chi connectivity index (χ0v) is 13.0. The van der Waals surface area contributed by atoms with Crippen molar-refractivity contribution in [3.8, 4) is 0 Å². The summed E-state index contributed by atoms with van der Waals surface area (Å²) in [6.45, 7) is 1.88. The number of aliphatic hydroxyl groups excluding tert-OH is 1. The third-order valence-corrected chi connectivity index (χ3v) is 4.84. The van der Waals surface area contributed by atoms with Gasteiger partial charge in [0.25, 0.3) is 0 Å². The van der Waals surface area contributed by atoms with Gasteiger partial charge in [-0.15, -0.1) is 0 Å². The van der Waals surface area contributed by atoms with Gasteiger partial charge in [0.2, 0.25) is 10.0 Å². The van der Waals surface area contributed by atoms with E-state index in [1.807, 2.05) is 16.8 Å². The van der Waals surface area contributed by atoms with E-state index in [0.717, 1.165) is 5.56 Å². The number of anilines is 2. The molecule has 6 N–H and O–H groups in total. The third kappa shape index (κ3) is 3.73. The second kappa shape index (κ2) is 6.02. The van der Waals surface area contributed by atoms with Crippen LogP contribution < -0.4 is 16.2 Å². The Morgan fingerprint density at radius 3 is 2.71 bits per heavy atom. The van der Waals surface area contributed by atoms with E-state index in [1.165, 1.54) is 17.4 Å². The Morgan fingerprint density at radius 1 is 1.43 bits per heavy atom. The van der Waals surface area contributed by atoms with Gasteiger partial charge in [-0.2, -0.15) is 11.3 Å². The van der Waals surface area contributed by atoms with Gasteiger partial charge < -0.3 is 16.2 Å². The number of aliphatic hydroxyl groups is 1. The lowest BCUT2D eigenvalue weighted by Gasteiger charge is -2.16. The van der Waals surface area contributed by atoms with Crippen molar-refractivity contribution in [2.24, 2.45) is 5.14 Å². The van der Waals surface area contributed by atoms with E-state index in [9.17, 15) is 13.5 Å². The number of primary sulfonamides is 1. The van der Waals surface area contributed by atoms with Crippen molar-refractivity contribution < 1.29 is 13.5 Å². The molecule has 1 unspecified atom stereocenters. The molecular formula is C13H17N3O3S2. The van der Waals surface area contributed by atoms with Gasteiger partial charge in [0.1, 0.15) is 0 Å². The highest BCUT2D eigenvalue weighted by Crippen LogP contribution is 2.27. The van der Waals surface area contributed by atoms with Crippen LogP contribution in [0.5, 0.6) is 0 Å². The zero-order valence-electron chi connectivity index (χ0n) is 11.4. The summed E-state index contributed by atoms with van der Waals surface area (Å²) in [4.78, 5) is -0.0185. The van der Waals surface area contributed by atoms with Crippen molar-refractivity contribution in [3.63, 3.8) is 0 Å². The van der Waals surface area contributed by atoms with Crippen molar-refractivity contribution >= 4 is 32.7 Å². The van der Waals surface area contributed by atoms with Crippen molar-refractivity contribution in [2.45, 2.75) is 17.9 Å². The molecule has 0 saturated heterocycles. The Bertz CT molecular complexity index is 727. The molecule has 6 nitrogen and oxygen atoms in total. The molecule has 0 radical (unpaired) electrons. The average Bonchev–Trinajstić information content (AvgIpc) is 2.91. The number of nitrogen functional groups attached to an aromatic ring is 1. The highest BCUT2D eigenvalue weighted by atomic mass is 32.2. The highest BCUT2D eigenvalue weighted by molar-refractivity contribution is 7.89. The molecule has 1 aromatic heterocycles. The maximum atomic E-state index is 11.5. The second-order valence-corrected chi connectivity index (χ2v) is 7.00. The van der Waals surface area contributed by atoms with Gasteiger partial charge in [-0.3, -0.25) is 0 Å². The van der Waals surface area contributed by atoms with E-state index in [2.05, 4.69) is 5.32 Å². The molecule has 2 aromatic rings. The normalized spacial score (nSPS) is 13.1. The van der Waals surface area contributed by atoms with Crippen molar-refractivity contribution in [1.29, 1.82) is 0 Å². The van der Waals surface area contributed by atoms with E-state index in [4.69, 9.17) is 10.9 Å². The molecule has 0 saturated carbocycles. The quantitative estimate of drug-likeness (QED) is 0.620. The van der Waals surface area contributed by atoms with Gasteiger partial charge in [-0.05, 0) is 47.0 Å². The van der Waals surface area contributed by atoms with E-state index < -0.39 is 16.1 Å². The van der Waals surface area contributed by atoms with Crippen LogP contribution in [0.4, 0.5) is 11.4 Å². The SMILES string of the molecule is Cc1c(NCC(O)c2ccsc2)cc(N)cc1S(N)(=O)=O. The minimum absolute atomic E-state index is 0.0185. The number of nitrogens with two attached hydrogens (primary N) is 2. The molecule has 21 heavy (non-hydrogen) atoms. The first-order valence-corrected chi connectivity index (χ1v) is 8.65. The summed E-state index contributed by atoms with van der Waals surface area (Å²) in [6, 6.07) is 4.77. The number of nitrogens with one attached hydrogen (secondary N) is 1. The van der Waals surface area contributed by atoms with Crippen molar-refractivity contribution in [2.75, 3.05) is 17.6 Å². The molecule has 0 fully saturated rings. The smallest absolute Gasteiger partial charge is 0.238 e. The van der Waals surface area contributed by atoms with Crippen LogP contribution in [0.3, 0.4) is 0 Å². The molecule has 8 heteroatoms. The second-order valence-electron chi connectivity index (χ2n) is 4.69. The fraction of sp³-hybridized carbons (Fsp3) is 0.231. The number of hydrogen-bond acceptors (Lipinski definition) is 6. The lowest BCUT2D eigenvalue weighted by atomic mass is 10.1. The van der Waals surface area contributed by atoms with E-state index in [0.29, 0.717) is 11.3 Å². The average molecular weight is 327 g/mol. The summed E-state index contributed by atoms with van der Waals surface area (Å²) >= 11 is 1.50. The third-order valence-electron chi connectivity index (χ3n) is 3.10. The van der Waals surface area contributed by atoms with Crippen molar-refractivity contribution in [1.82, 2.24) is 0 Å². The molecule has 0 aliphatic carbocycles. The maximum Gasteiger partial charge on any atom is 0.238 e. The Balaban J connectivity index is 2.23. The maximum absolute atomic E-state index is 11.5. The summed E-state index contributed by atoms with van der Waals surface area (Å²) in [6.07, 6.45) is -0.685. The number of hydrogen-bond donors (Lipinski definition) is 4. The Kier molecular flexibility index (Phi) is 4.52. The van der Waals surface area contributed by atoms with Gasteiger partial charge in [-0.1, -0.05) is 0 Å². The van der Waals surface area contributed by atoms with Crippen LogP contribution in [-0.4, -0.2) is 20.1 Å². The van der Waals surface area contributed by atoms with Crippen LogP contribution in [0.1, 0.15) is 17.2 Å². The molecule has 0 spiro atoms. The lowest BCUT2D eigenvalue weighted by molar-refractivity contribution is 0.192. The largest absolute Gasteiger partial charge is 0.399 e. The number of rotatable bonds is 5. The number of sulfonamides is 1. The van der Waals surface area contributed by atoms with Gasteiger partial charge in [0.05, 0.1) is 11.0 Å². The van der Waals surface area contributed by atoms with Crippen LogP contribution >= 0.6 is 11.3 Å². The fourth-order valence-corrected chi connectivity index (χ4v) is 3.52.